The number of carbonyl (C=O) groups is 1. The van der Waals surface area contributed by atoms with Crippen LogP contribution in [-0.2, 0) is 4.79 Å². The molecule has 3 nitrogen and oxygen atoms in total. The van der Waals surface area contributed by atoms with Gasteiger partial charge < -0.3 is 10.6 Å². The summed E-state index contributed by atoms with van der Waals surface area (Å²) in [5.41, 5.74) is 0. The second-order valence-electron chi connectivity index (χ2n) is 4.58. The van der Waals surface area contributed by atoms with Gasteiger partial charge in [-0.3, -0.25) is 4.79 Å². The van der Waals surface area contributed by atoms with Crippen LogP contribution in [0.15, 0.2) is 0 Å². The van der Waals surface area contributed by atoms with Gasteiger partial charge in [0.15, 0.2) is 0 Å². The molecule has 1 fully saturated rings. The van der Waals surface area contributed by atoms with E-state index in [2.05, 4.69) is 17.6 Å². The summed E-state index contributed by atoms with van der Waals surface area (Å²) in [6, 6.07) is 0. The largest absolute Gasteiger partial charge is 0.354 e. The van der Waals surface area contributed by atoms with Gasteiger partial charge in [0.1, 0.15) is 0 Å². The standard InChI is InChI=1S/C11H22N2OS.ClH/c1-9(7-12-3)10(14)13-8-11(2)5-4-6-15-11;/h9,12H,4-8H2,1-3H3,(H,13,14);1H. The van der Waals surface area contributed by atoms with Crippen molar-refractivity contribution in [1.29, 1.82) is 0 Å². The van der Waals surface area contributed by atoms with Crippen molar-refractivity contribution in [3.8, 4) is 0 Å². The summed E-state index contributed by atoms with van der Waals surface area (Å²) in [7, 11) is 1.87. The van der Waals surface area contributed by atoms with Crippen molar-refractivity contribution in [2.24, 2.45) is 5.92 Å². The molecule has 5 heteroatoms. The van der Waals surface area contributed by atoms with Crippen molar-refractivity contribution in [2.75, 3.05) is 25.9 Å². The molecule has 16 heavy (non-hydrogen) atoms. The lowest BCUT2D eigenvalue weighted by Crippen LogP contribution is -2.41. The Kier molecular flexibility index (Phi) is 7.44. The summed E-state index contributed by atoms with van der Waals surface area (Å²) in [5.74, 6) is 1.46. The zero-order valence-corrected chi connectivity index (χ0v) is 12.0. The second kappa shape index (κ2) is 7.41. The molecule has 0 aromatic heterocycles. The van der Waals surface area contributed by atoms with Gasteiger partial charge in [0.2, 0.25) is 5.91 Å². The smallest absolute Gasteiger partial charge is 0.224 e. The van der Waals surface area contributed by atoms with Crippen molar-refractivity contribution in [3.05, 3.63) is 0 Å². The minimum Gasteiger partial charge on any atom is -0.354 e. The minimum atomic E-state index is 0. The van der Waals surface area contributed by atoms with E-state index in [1.807, 2.05) is 25.7 Å². The molecule has 1 saturated heterocycles. The summed E-state index contributed by atoms with van der Waals surface area (Å²) in [6.45, 7) is 5.75. The maximum Gasteiger partial charge on any atom is 0.224 e. The molecule has 2 N–H and O–H groups in total. The quantitative estimate of drug-likeness (QED) is 0.795. The highest BCUT2D eigenvalue weighted by molar-refractivity contribution is 8.00. The van der Waals surface area contributed by atoms with Crippen LogP contribution in [0.3, 0.4) is 0 Å². The third kappa shape index (κ3) is 4.93. The van der Waals surface area contributed by atoms with Gasteiger partial charge in [0.25, 0.3) is 0 Å². The lowest BCUT2D eigenvalue weighted by atomic mass is 10.1. The molecular formula is C11H23ClN2OS. The fourth-order valence-electron chi connectivity index (χ4n) is 1.82. The Bertz CT molecular complexity index is 220. The number of thioether (sulfide) groups is 1. The predicted molar refractivity (Wildman–Crippen MR) is 73.4 cm³/mol. The number of halogens is 1. The first-order valence-corrected chi connectivity index (χ1v) is 6.62. The van der Waals surface area contributed by atoms with Crippen molar-refractivity contribution in [2.45, 2.75) is 31.4 Å². The van der Waals surface area contributed by atoms with E-state index < -0.39 is 0 Å². The van der Waals surface area contributed by atoms with Crippen LogP contribution in [0.1, 0.15) is 26.7 Å². The Hall–Kier alpha value is 0.0700. The number of rotatable bonds is 5. The summed E-state index contributed by atoms with van der Waals surface area (Å²) in [6.07, 6.45) is 2.50. The molecule has 0 aromatic rings. The predicted octanol–water partition coefficient (Wildman–Crippen LogP) is 1.67. The molecular weight excluding hydrogens is 244 g/mol. The molecule has 1 aliphatic rings. The van der Waals surface area contributed by atoms with Crippen LogP contribution in [-0.4, -0.2) is 36.5 Å². The summed E-state index contributed by atoms with van der Waals surface area (Å²) >= 11 is 1.98. The summed E-state index contributed by atoms with van der Waals surface area (Å²) < 4.78 is 0.273. The second-order valence-corrected chi connectivity index (χ2v) is 6.26. The molecule has 96 valence electrons. The van der Waals surface area contributed by atoms with Crippen LogP contribution >= 0.6 is 24.2 Å². The zero-order valence-electron chi connectivity index (χ0n) is 10.3. The monoisotopic (exact) mass is 266 g/mol. The van der Waals surface area contributed by atoms with Crippen molar-refractivity contribution in [3.63, 3.8) is 0 Å². The SMILES string of the molecule is CNCC(C)C(=O)NCC1(C)CCCS1.Cl. The summed E-state index contributed by atoms with van der Waals surface area (Å²) in [5, 5.41) is 6.07. The molecule has 0 radical (unpaired) electrons. The zero-order chi connectivity index (χ0) is 11.3. The highest BCUT2D eigenvalue weighted by Crippen LogP contribution is 2.36. The van der Waals surface area contributed by atoms with E-state index in [0.29, 0.717) is 0 Å². The van der Waals surface area contributed by atoms with E-state index in [4.69, 9.17) is 0 Å². The Morgan fingerprint density at radius 3 is 2.75 bits per heavy atom. The number of nitrogens with one attached hydrogen (secondary N) is 2. The molecule has 0 bridgehead atoms. The van der Waals surface area contributed by atoms with Crippen LogP contribution in [0.4, 0.5) is 0 Å². The maximum absolute atomic E-state index is 11.7. The van der Waals surface area contributed by atoms with Gasteiger partial charge >= 0.3 is 0 Å². The fourth-order valence-corrected chi connectivity index (χ4v) is 3.07. The Labute approximate surface area is 109 Å². The van der Waals surface area contributed by atoms with Gasteiger partial charge in [0, 0.05) is 23.8 Å². The molecule has 0 aromatic carbocycles. The summed E-state index contributed by atoms with van der Waals surface area (Å²) in [4.78, 5) is 11.7. The average Bonchev–Trinajstić information content (AvgIpc) is 2.63. The third-order valence-electron chi connectivity index (χ3n) is 2.89. The van der Waals surface area contributed by atoms with Crippen LogP contribution in [0.5, 0.6) is 0 Å². The molecule has 1 rings (SSSR count). The van der Waals surface area contributed by atoms with Crippen LogP contribution < -0.4 is 10.6 Å². The number of hydrogen-bond donors (Lipinski definition) is 2. The molecule has 1 aliphatic heterocycles. The van der Waals surface area contributed by atoms with Crippen LogP contribution in [0, 0.1) is 5.92 Å². The van der Waals surface area contributed by atoms with Gasteiger partial charge in [-0.25, -0.2) is 0 Å². The molecule has 2 unspecified atom stereocenters. The van der Waals surface area contributed by atoms with E-state index in [1.165, 1.54) is 18.6 Å². The van der Waals surface area contributed by atoms with E-state index in [-0.39, 0.29) is 29.0 Å². The Morgan fingerprint density at radius 1 is 1.56 bits per heavy atom. The first-order valence-electron chi connectivity index (χ1n) is 5.64. The molecule has 0 spiro atoms. The van der Waals surface area contributed by atoms with Crippen molar-refractivity contribution in [1.82, 2.24) is 10.6 Å². The third-order valence-corrected chi connectivity index (χ3v) is 4.43. The van der Waals surface area contributed by atoms with Crippen LogP contribution in [0.2, 0.25) is 0 Å². The minimum absolute atomic E-state index is 0. The average molecular weight is 267 g/mol. The van der Waals surface area contributed by atoms with Gasteiger partial charge in [0.05, 0.1) is 0 Å². The van der Waals surface area contributed by atoms with E-state index in [1.54, 1.807) is 0 Å². The lowest BCUT2D eigenvalue weighted by Gasteiger charge is -2.24. The molecule has 0 aliphatic carbocycles. The van der Waals surface area contributed by atoms with Crippen LogP contribution in [0.25, 0.3) is 0 Å². The number of hydrogen-bond acceptors (Lipinski definition) is 3. The van der Waals surface area contributed by atoms with E-state index in [9.17, 15) is 4.79 Å². The fraction of sp³-hybridized carbons (Fsp3) is 0.909. The Balaban J connectivity index is 0.00000225. The van der Waals surface area contributed by atoms with Crippen molar-refractivity contribution < 1.29 is 4.79 Å². The number of amides is 1. The van der Waals surface area contributed by atoms with Gasteiger partial charge in [-0.2, -0.15) is 11.8 Å². The van der Waals surface area contributed by atoms with Crippen molar-refractivity contribution >= 4 is 30.1 Å². The molecule has 2 atom stereocenters. The molecule has 1 heterocycles. The maximum atomic E-state index is 11.7. The highest BCUT2D eigenvalue weighted by atomic mass is 35.5. The van der Waals surface area contributed by atoms with E-state index >= 15 is 0 Å². The molecule has 0 saturated carbocycles. The first-order chi connectivity index (χ1) is 7.07. The number of carbonyl (C=O) groups excluding carboxylic acids is 1. The lowest BCUT2D eigenvalue weighted by molar-refractivity contribution is -0.124. The topological polar surface area (TPSA) is 41.1 Å². The normalized spacial score (nSPS) is 25.9. The van der Waals surface area contributed by atoms with E-state index in [0.717, 1.165) is 13.1 Å². The molecule has 1 amide bonds. The first kappa shape index (κ1) is 16.1. The van der Waals surface area contributed by atoms with Gasteiger partial charge in [-0.05, 0) is 32.6 Å². The van der Waals surface area contributed by atoms with Gasteiger partial charge in [-0.1, -0.05) is 6.92 Å². The Morgan fingerprint density at radius 2 is 2.25 bits per heavy atom. The van der Waals surface area contributed by atoms with Gasteiger partial charge in [-0.15, -0.1) is 12.4 Å². The highest BCUT2D eigenvalue weighted by Gasteiger charge is 2.30.